The van der Waals surface area contributed by atoms with Crippen LogP contribution in [0.25, 0.3) is 11.1 Å². The third-order valence-electron chi connectivity index (χ3n) is 7.60. The fraction of sp³-hybridized carbons (Fsp3) is 0.241. The molecule has 0 aromatic heterocycles. The van der Waals surface area contributed by atoms with E-state index in [9.17, 15) is 19.7 Å². The molecule has 4 atom stereocenters. The first-order chi connectivity index (χ1) is 16.7. The first kappa shape index (κ1) is 22.7. The molecule has 6 heteroatoms. The zero-order valence-corrected chi connectivity index (χ0v) is 19.7. The van der Waals surface area contributed by atoms with Crippen molar-refractivity contribution in [2.24, 2.45) is 16.7 Å². The van der Waals surface area contributed by atoms with E-state index in [-0.39, 0.29) is 17.3 Å². The monoisotopic (exact) mass is 467 g/mol. The summed E-state index contributed by atoms with van der Waals surface area (Å²) in [5.41, 5.74) is 1.30. The third-order valence-corrected chi connectivity index (χ3v) is 7.60. The highest BCUT2D eigenvalue weighted by molar-refractivity contribution is 6.25. The van der Waals surface area contributed by atoms with Gasteiger partial charge in [-0.15, -0.1) is 0 Å². The van der Waals surface area contributed by atoms with Crippen LogP contribution < -0.4 is 4.74 Å². The number of nitro groups is 1. The lowest BCUT2D eigenvalue weighted by atomic mass is 9.65. The Balaban J connectivity index is 1.74. The molecule has 2 aliphatic rings. The van der Waals surface area contributed by atoms with Gasteiger partial charge in [-0.1, -0.05) is 60.7 Å². The lowest BCUT2D eigenvalue weighted by Gasteiger charge is -2.40. The Bertz CT molecular complexity index is 1360. The van der Waals surface area contributed by atoms with Crippen molar-refractivity contribution in [3.05, 3.63) is 106 Å². The molecule has 0 heterocycles. The number of non-ortho nitro benzene ring substituents is 1. The number of hydrogen-bond acceptors (Lipinski definition) is 5. The number of ether oxygens (including phenoxy) is 1. The van der Waals surface area contributed by atoms with Gasteiger partial charge in [0, 0.05) is 12.1 Å². The number of carbonyl (C=O) groups is 2. The molecule has 2 aliphatic carbocycles. The van der Waals surface area contributed by atoms with Gasteiger partial charge in [0.25, 0.3) is 5.69 Å². The Labute approximate surface area is 203 Å². The van der Waals surface area contributed by atoms with Crippen LogP contribution in [0.5, 0.6) is 5.75 Å². The molecule has 1 fully saturated rings. The number of Topliss-reactive ketones (excluding diaryl/α,β-unsaturated/α-hetero) is 2. The summed E-state index contributed by atoms with van der Waals surface area (Å²) in [7, 11) is 0. The fourth-order valence-corrected chi connectivity index (χ4v) is 6.19. The average Bonchev–Trinajstić information content (AvgIpc) is 3.14. The maximum Gasteiger partial charge on any atom is 0.269 e. The molecule has 0 amide bonds. The van der Waals surface area contributed by atoms with Gasteiger partial charge in [-0.2, -0.15) is 0 Å². The lowest BCUT2D eigenvalue weighted by Crippen LogP contribution is -2.45. The third kappa shape index (κ3) is 3.16. The second kappa shape index (κ2) is 8.01. The van der Waals surface area contributed by atoms with Crippen molar-refractivity contribution < 1.29 is 19.2 Å². The van der Waals surface area contributed by atoms with Gasteiger partial charge >= 0.3 is 0 Å². The van der Waals surface area contributed by atoms with Gasteiger partial charge in [0.05, 0.1) is 21.7 Å². The van der Waals surface area contributed by atoms with Gasteiger partial charge in [-0.05, 0) is 55.2 Å². The van der Waals surface area contributed by atoms with Crippen LogP contribution in [0.4, 0.5) is 5.69 Å². The molecule has 176 valence electrons. The molecule has 3 aromatic carbocycles. The molecule has 0 radical (unpaired) electrons. The predicted molar refractivity (Wildman–Crippen MR) is 133 cm³/mol. The van der Waals surface area contributed by atoms with E-state index in [1.54, 1.807) is 0 Å². The van der Waals surface area contributed by atoms with Gasteiger partial charge in [0.15, 0.2) is 5.78 Å². The van der Waals surface area contributed by atoms with Crippen molar-refractivity contribution in [2.45, 2.75) is 26.9 Å². The molecule has 4 unspecified atom stereocenters. The zero-order valence-electron chi connectivity index (χ0n) is 19.7. The van der Waals surface area contributed by atoms with E-state index in [1.807, 2.05) is 74.5 Å². The standard InChI is InChI=1S/C29H25NO5/c1-18(31)23-26(35-22-16-14-21(15-17-22)30(33)34)29(3)25(20-12-8-5-9-13-20)24(28(23,2)27(29)32)19-10-6-4-7-11-19/h4-17,23,26H,1-3H3. The molecule has 5 rings (SSSR count). The fourth-order valence-electron chi connectivity index (χ4n) is 6.19. The predicted octanol–water partition coefficient (Wildman–Crippen LogP) is 5.77. The Hall–Kier alpha value is -4.06. The van der Waals surface area contributed by atoms with Crippen molar-refractivity contribution in [3.8, 4) is 5.75 Å². The number of nitro benzene ring substituents is 1. The van der Waals surface area contributed by atoms with E-state index in [2.05, 4.69) is 0 Å². The Morgan fingerprint density at radius 2 is 1.31 bits per heavy atom. The minimum absolute atomic E-state index is 0.0465. The van der Waals surface area contributed by atoms with E-state index in [0.29, 0.717) is 5.75 Å². The SMILES string of the molecule is CC(=O)C1C(Oc2ccc([N+](=O)[O-])cc2)C2(C)C(=O)C1(C)C(c1ccccc1)=C2c1ccccc1. The molecule has 35 heavy (non-hydrogen) atoms. The highest BCUT2D eigenvalue weighted by Gasteiger charge is 2.74. The summed E-state index contributed by atoms with van der Waals surface area (Å²) < 4.78 is 6.39. The summed E-state index contributed by atoms with van der Waals surface area (Å²) in [5, 5.41) is 11.1. The summed E-state index contributed by atoms with van der Waals surface area (Å²) in [5.74, 6) is -0.504. The van der Waals surface area contributed by atoms with Gasteiger partial charge in [-0.25, -0.2) is 0 Å². The van der Waals surface area contributed by atoms with Crippen molar-refractivity contribution in [3.63, 3.8) is 0 Å². The summed E-state index contributed by atoms with van der Waals surface area (Å²) in [6.07, 6.45) is -0.762. The maximum atomic E-state index is 14.3. The highest BCUT2D eigenvalue weighted by atomic mass is 16.6. The molecule has 0 aliphatic heterocycles. The van der Waals surface area contributed by atoms with Crippen molar-refractivity contribution in [1.29, 1.82) is 0 Å². The van der Waals surface area contributed by atoms with Gasteiger partial charge in [0.1, 0.15) is 17.6 Å². The molecule has 1 saturated carbocycles. The lowest BCUT2D eigenvalue weighted by molar-refractivity contribution is -0.384. The number of nitrogens with zero attached hydrogens (tertiary/aromatic N) is 1. The number of hydrogen-bond donors (Lipinski definition) is 0. The summed E-state index contributed by atoms with van der Waals surface area (Å²) >= 11 is 0. The number of carbonyl (C=O) groups excluding carboxylic acids is 2. The molecule has 3 aromatic rings. The van der Waals surface area contributed by atoms with Gasteiger partial charge in [-0.3, -0.25) is 19.7 Å². The van der Waals surface area contributed by atoms with Crippen molar-refractivity contribution in [1.82, 2.24) is 0 Å². The first-order valence-electron chi connectivity index (χ1n) is 11.5. The van der Waals surface area contributed by atoms with Gasteiger partial charge in [0.2, 0.25) is 0 Å². The van der Waals surface area contributed by atoms with Crippen LogP contribution in [0, 0.1) is 26.9 Å². The number of fused-ring (bicyclic) bond motifs is 2. The summed E-state index contributed by atoms with van der Waals surface area (Å²) in [6, 6.07) is 25.2. The van der Waals surface area contributed by atoms with Crippen molar-refractivity contribution in [2.75, 3.05) is 0 Å². The average molecular weight is 468 g/mol. The van der Waals surface area contributed by atoms with E-state index in [4.69, 9.17) is 4.74 Å². The van der Waals surface area contributed by atoms with E-state index in [1.165, 1.54) is 31.2 Å². The number of benzene rings is 3. The Kier molecular flexibility index (Phi) is 5.20. The summed E-state index contributed by atoms with van der Waals surface area (Å²) in [6.45, 7) is 5.23. The minimum Gasteiger partial charge on any atom is -0.488 e. The van der Waals surface area contributed by atoms with E-state index < -0.39 is 27.8 Å². The second-order valence-corrected chi connectivity index (χ2v) is 9.59. The number of ketones is 2. The molecule has 6 nitrogen and oxygen atoms in total. The van der Waals surface area contributed by atoms with E-state index >= 15 is 0 Å². The largest absolute Gasteiger partial charge is 0.488 e. The smallest absolute Gasteiger partial charge is 0.269 e. The summed E-state index contributed by atoms with van der Waals surface area (Å²) in [4.78, 5) is 38.0. The molecule has 0 N–H and O–H groups in total. The van der Waals surface area contributed by atoms with Gasteiger partial charge < -0.3 is 4.74 Å². The normalized spacial score (nSPS) is 27.2. The first-order valence-corrected chi connectivity index (χ1v) is 11.5. The zero-order chi connectivity index (χ0) is 25.0. The molecule has 2 bridgehead atoms. The minimum atomic E-state index is -1.10. The molecular weight excluding hydrogens is 442 g/mol. The Morgan fingerprint density at radius 3 is 1.77 bits per heavy atom. The number of allylic oxidation sites excluding steroid dienone is 1. The highest BCUT2D eigenvalue weighted by Crippen LogP contribution is 2.69. The molecule has 0 saturated heterocycles. The molecule has 0 spiro atoms. The van der Waals surface area contributed by atoms with Crippen LogP contribution in [0.3, 0.4) is 0 Å². The van der Waals surface area contributed by atoms with Crippen LogP contribution in [0.1, 0.15) is 31.9 Å². The Morgan fingerprint density at radius 1 is 0.829 bits per heavy atom. The maximum absolute atomic E-state index is 14.3. The van der Waals surface area contributed by atoms with Crippen LogP contribution in [0.2, 0.25) is 0 Å². The van der Waals surface area contributed by atoms with Crippen molar-refractivity contribution >= 4 is 28.4 Å². The number of rotatable bonds is 6. The van der Waals surface area contributed by atoms with Crippen LogP contribution >= 0.6 is 0 Å². The quantitative estimate of drug-likeness (QED) is 0.339. The topological polar surface area (TPSA) is 86.5 Å². The van der Waals surface area contributed by atoms with E-state index in [0.717, 1.165) is 22.3 Å². The molecular formula is C29H25NO5. The van der Waals surface area contributed by atoms with Crippen LogP contribution in [-0.4, -0.2) is 22.6 Å². The van der Waals surface area contributed by atoms with Crippen LogP contribution in [0.15, 0.2) is 84.9 Å². The van der Waals surface area contributed by atoms with Crippen LogP contribution in [-0.2, 0) is 9.59 Å². The second-order valence-electron chi connectivity index (χ2n) is 9.59.